The van der Waals surface area contributed by atoms with E-state index in [1.807, 2.05) is 0 Å². The summed E-state index contributed by atoms with van der Waals surface area (Å²) >= 11 is 0. The lowest BCUT2D eigenvalue weighted by molar-refractivity contribution is 0.158. The van der Waals surface area contributed by atoms with Gasteiger partial charge in [-0.05, 0) is 6.92 Å². The van der Waals surface area contributed by atoms with Gasteiger partial charge < -0.3 is 5.11 Å². The lowest BCUT2D eigenvalue weighted by Crippen LogP contribution is -2.43. The van der Waals surface area contributed by atoms with Crippen molar-refractivity contribution in [2.75, 3.05) is 6.61 Å². The van der Waals surface area contributed by atoms with Gasteiger partial charge in [0.1, 0.15) is 12.0 Å². The molecule has 0 radical (unpaired) electrons. The Morgan fingerprint density at radius 3 is 2.67 bits per heavy atom. The van der Waals surface area contributed by atoms with Crippen LogP contribution in [0.15, 0.2) is 9.59 Å². The molecule has 0 bridgehead atoms. The SMILES string of the molecule is Cc1nc(=O)n(CC(F)CO)c(=O)n1C. The molecule has 1 heterocycles. The van der Waals surface area contributed by atoms with Crippen LogP contribution >= 0.6 is 0 Å². The molecule has 0 saturated carbocycles. The lowest BCUT2D eigenvalue weighted by atomic mass is 10.4. The number of alkyl halides is 1. The van der Waals surface area contributed by atoms with Crippen molar-refractivity contribution in [3.8, 4) is 0 Å². The summed E-state index contributed by atoms with van der Waals surface area (Å²) < 4.78 is 14.6. The second kappa shape index (κ2) is 4.35. The van der Waals surface area contributed by atoms with Crippen LogP contribution in [0.2, 0.25) is 0 Å². The fraction of sp³-hybridized carbons (Fsp3) is 0.625. The smallest absolute Gasteiger partial charge is 0.353 e. The van der Waals surface area contributed by atoms with Crippen molar-refractivity contribution < 1.29 is 9.50 Å². The van der Waals surface area contributed by atoms with Crippen LogP contribution < -0.4 is 11.4 Å². The highest BCUT2D eigenvalue weighted by molar-refractivity contribution is 4.84. The zero-order valence-corrected chi connectivity index (χ0v) is 8.47. The third kappa shape index (κ3) is 2.30. The molecule has 1 unspecified atom stereocenters. The van der Waals surface area contributed by atoms with Gasteiger partial charge in [0.05, 0.1) is 13.2 Å². The summed E-state index contributed by atoms with van der Waals surface area (Å²) in [7, 11) is 1.44. The normalized spacial score (nSPS) is 12.8. The maximum atomic E-state index is 12.8. The molecule has 0 saturated heterocycles. The number of aliphatic hydroxyl groups is 1. The molecule has 15 heavy (non-hydrogen) atoms. The topological polar surface area (TPSA) is 77.1 Å². The van der Waals surface area contributed by atoms with Gasteiger partial charge in [0, 0.05) is 7.05 Å². The summed E-state index contributed by atoms with van der Waals surface area (Å²) in [6, 6.07) is 0. The maximum absolute atomic E-state index is 12.8. The first-order valence-electron chi connectivity index (χ1n) is 4.36. The van der Waals surface area contributed by atoms with Crippen molar-refractivity contribution in [1.82, 2.24) is 14.1 Å². The number of rotatable bonds is 3. The molecule has 0 aliphatic carbocycles. The zero-order chi connectivity index (χ0) is 11.6. The molecule has 0 aromatic carbocycles. The van der Waals surface area contributed by atoms with Crippen LogP contribution in [0.1, 0.15) is 5.82 Å². The van der Waals surface area contributed by atoms with E-state index in [0.29, 0.717) is 4.57 Å². The minimum Gasteiger partial charge on any atom is -0.393 e. The summed E-state index contributed by atoms with van der Waals surface area (Å²) in [5.41, 5.74) is -1.43. The molecule has 1 aromatic heterocycles. The highest BCUT2D eigenvalue weighted by Gasteiger charge is 2.12. The second-order valence-electron chi connectivity index (χ2n) is 3.17. The van der Waals surface area contributed by atoms with E-state index >= 15 is 0 Å². The van der Waals surface area contributed by atoms with Gasteiger partial charge in [0.2, 0.25) is 0 Å². The highest BCUT2D eigenvalue weighted by atomic mass is 19.1. The van der Waals surface area contributed by atoms with E-state index in [1.165, 1.54) is 14.0 Å². The molecule has 0 fully saturated rings. The van der Waals surface area contributed by atoms with Gasteiger partial charge >= 0.3 is 11.4 Å². The second-order valence-corrected chi connectivity index (χ2v) is 3.17. The standard InChI is InChI=1S/C8H12FN3O3/c1-5-10-7(14)12(3-6(9)4-13)8(15)11(5)2/h6,13H,3-4H2,1-2H3. The molecule has 0 aliphatic rings. The van der Waals surface area contributed by atoms with Crippen molar-refractivity contribution in [3.63, 3.8) is 0 Å². The Bertz CT molecular complexity index is 465. The molecule has 0 spiro atoms. The van der Waals surface area contributed by atoms with Crippen LogP contribution in [0.5, 0.6) is 0 Å². The molecule has 6 nitrogen and oxygen atoms in total. The van der Waals surface area contributed by atoms with Crippen LogP contribution in [0.4, 0.5) is 4.39 Å². The summed E-state index contributed by atoms with van der Waals surface area (Å²) in [6.07, 6.45) is -1.64. The molecule has 7 heteroatoms. The van der Waals surface area contributed by atoms with E-state index in [0.717, 1.165) is 4.57 Å². The minimum absolute atomic E-state index is 0.264. The number of aromatic nitrogens is 3. The van der Waals surface area contributed by atoms with Gasteiger partial charge in [-0.2, -0.15) is 4.98 Å². The average Bonchev–Trinajstić information content (AvgIpc) is 2.21. The molecule has 1 atom stereocenters. The number of aryl methyl sites for hydroxylation is 1. The third-order valence-corrected chi connectivity index (χ3v) is 2.07. The van der Waals surface area contributed by atoms with E-state index in [2.05, 4.69) is 4.98 Å². The lowest BCUT2D eigenvalue weighted by Gasteiger charge is -2.09. The van der Waals surface area contributed by atoms with Crippen molar-refractivity contribution in [2.24, 2.45) is 7.05 Å². The van der Waals surface area contributed by atoms with Crippen LogP contribution in [0, 0.1) is 6.92 Å². The first-order valence-corrected chi connectivity index (χ1v) is 4.36. The third-order valence-electron chi connectivity index (χ3n) is 2.07. The number of hydrogen-bond donors (Lipinski definition) is 1. The molecule has 0 aliphatic heterocycles. The van der Waals surface area contributed by atoms with Gasteiger partial charge in [-0.1, -0.05) is 0 Å². The van der Waals surface area contributed by atoms with Gasteiger partial charge in [-0.3, -0.25) is 4.57 Å². The van der Waals surface area contributed by atoms with Gasteiger partial charge in [0.15, 0.2) is 0 Å². The first-order chi connectivity index (χ1) is 6.97. The quantitative estimate of drug-likeness (QED) is 0.674. The maximum Gasteiger partial charge on any atom is 0.353 e. The van der Waals surface area contributed by atoms with E-state index in [4.69, 9.17) is 5.11 Å². The Hall–Kier alpha value is -1.50. The highest BCUT2D eigenvalue weighted by Crippen LogP contribution is 1.90. The van der Waals surface area contributed by atoms with Gasteiger partial charge in [-0.25, -0.2) is 18.5 Å². The molecule has 0 amide bonds. The first kappa shape index (κ1) is 11.6. The van der Waals surface area contributed by atoms with Gasteiger partial charge in [-0.15, -0.1) is 0 Å². The molecule has 84 valence electrons. The van der Waals surface area contributed by atoms with Crippen molar-refractivity contribution in [1.29, 1.82) is 0 Å². The zero-order valence-electron chi connectivity index (χ0n) is 8.47. The van der Waals surface area contributed by atoms with E-state index in [-0.39, 0.29) is 5.82 Å². The van der Waals surface area contributed by atoms with Crippen molar-refractivity contribution in [2.45, 2.75) is 19.6 Å². The molecule has 1 rings (SSSR count). The fourth-order valence-electron chi connectivity index (χ4n) is 1.09. The number of hydrogen-bond acceptors (Lipinski definition) is 4. The Kier molecular flexibility index (Phi) is 3.35. The molecule has 1 aromatic rings. The Morgan fingerprint density at radius 1 is 1.53 bits per heavy atom. The van der Waals surface area contributed by atoms with E-state index in [1.54, 1.807) is 0 Å². The monoisotopic (exact) mass is 217 g/mol. The number of aliphatic hydroxyl groups excluding tert-OH is 1. The summed E-state index contributed by atoms with van der Waals surface area (Å²) in [6.45, 7) is 0.296. The number of halogens is 1. The minimum atomic E-state index is -1.64. The molecular formula is C8H12FN3O3. The van der Waals surface area contributed by atoms with Crippen molar-refractivity contribution in [3.05, 3.63) is 26.8 Å². The molecular weight excluding hydrogens is 205 g/mol. The summed E-state index contributed by atoms with van der Waals surface area (Å²) in [5, 5.41) is 8.48. The predicted molar refractivity (Wildman–Crippen MR) is 50.5 cm³/mol. The summed E-state index contributed by atoms with van der Waals surface area (Å²) in [5.74, 6) is 0.264. The Labute approximate surface area is 84.6 Å². The average molecular weight is 217 g/mol. The Balaban J connectivity index is 3.25. The molecule has 1 N–H and O–H groups in total. The largest absolute Gasteiger partial charge is 0.393 e. The summed E-state index contributed by atoms with van der Waals surface area (Å²) in [4.78, 5) is 26.3. The Morgan fingerprint density at radius 2 is 2.13 bits per heavy atom. The van der Waals surface area contributed by atoms with Crippen LogP contribution in [0.25, 0.3) is 0 Å². The van der Waals surface area contributed by atoms with Crippen LogP contribution in [-0.4, -0.2) is 32.0 Å². The van der Waals surface area contributed by atoms with E-state index < -0.39 is 30.7 Å². The van der Waals surface area contributed by atoms with Crippen LogP contribution in [0.3, 0.4) is 0 Å². The fourth-order valence-corrected chi connectivity index (χ4v) is 1.09. The number of nitrogens with zero attached hydrogens (tertiary/aromatic N) is 3. The van der Waals surface area contributed by atoms with Crippen molar-refractivity contribution >= 4 is 0 Å². The predicted octanol–water partition coefficient (Wildman–Crippen LogP) is -1.42. The van der Waals surface area contributed by atoms with E-state index in [9.17, 15) is 14.0 Å². The van der Waals surface area contributed by atoms with Crippen LogP contribution in [-0.2, 0) is 13.6 Å². The van der Waals surface area contributed by atoms with Gasteiger partial charge in [0.25, 0.3) is 0 Å².